The average molecular weight is 137 g/mol. The largest absolute Gasteiger partial charge is 0.206 e. The molecule has 0 nitrogen and oxygen atoms in total. The van der Waals surface area contributed by atoms with E-state index >= 15 is 0 Å². The third-order valence-electron chi connectivity index (χ3n) is 1.74. The van der Waals surface area contributed by atoms with Gasteiger partial charge in [0.1, 0.15) is 5.82 Å². The van der Waals surface area contributed by atoms with Gasteiger partial charge in [-0.1, -0.05) is 0 Å². The highest BCUT2D eigenvalue weighted by atomic mass is 19.1. The highest BCUT2D eigenvalue weighted by Gasteiger charge is 2.02. The van der Waals surface area contributed by atoms with Crippen LogP contribution in [0.1, 0.15) is 16.7 Å². The molecule has 53 valence electrons. The Balaban J connectivity index is 3.34. The lowest BCUT2D eigenvalue weighted by molar-refractivity contribution is 0.607. The normalized spacial score (nSPS) is 10.0. The first-order valence-corrected chi connectivity index (χ1v) is 3.27. The standard InChI is InChI=1S/C9H10F/c1-6-4-5-7(2)9(10)8(6)3/h5H,1-3H3. The summed E-state index contributed by atoms with van der Waals surface area (Å²) in [4.78, 5) is 0. The van der Waals surface area contributed by atoms with Gasteiger partial charge in [-0.3, -0.25) is 0 Å². The van der Waals surface area contributed by atoms with E-state index in [1.54, 1.807) is 19.9 Å². The molecule has 0 N–H and O–H groups in total. The lowest BCUT2D eigenvalue weighted by Gasteiger charge is -2.02. The van der Waals surface area contributed by atoms with Crippen LogP contribution in [0.3, 0.4) is 0 Å². The Morgan fingerprint density at radius 3 is 2.40 bits per heavy atom. The zero-order chi connectivity index (χ0) is 7.72. The second kappa shape index (κ2) is 2.41. The number of hydrogen-bond acceptors (Lipinski definition) is 0. The maximum absolute atomic E-state index is 13.0. The molecule has 0 aliphatic heterocycles. The molecular formula is C9H10F. The van der Waals surface area contributed by atoms with Crippen LogP contribution < -0.4 is 0 Å². The topological polar surface area (TPSA) is 0 Å². The van der Waals surface area contributed by atoms with Crippen molar-refractivity contribution < 1.29 is 4.39 Å². The molecule has 0 fully saturated rings. The first-order valence-electron chi connectivity index (χ1n) is 3.27. The predicted molar refractivity (Wildman–Crippen MR) is 39.4 cm³/mol. The van der Waals surface area contributed by atoms with Crippen LogP contribution in [-0.4, -0.2) is 0 Å². The third-order valence-corrected chi connectivity index (χ3v) is 1.74. The summed E-state index contributed by atoms with van der Waals surface area (Å²) >= 11 is 0. The molecule has 1 rings (SSSR count). The predicted octanol–water partition coefficient (Wildman–Crippen LogP) is 2.55. The number of hydrogen-bond donors (Lipinski definition) is 0. The Bertz CT molecular complexity index is 224. The minimum absolute atomic E-state index is 0.101. The summed E-state index contributed by atoms with van der Waals surface area (Å²) in [6, 6.07) is 4.65. The van der Waals surface area contributed by atoms with Crippen molar-refractivity contribution in [2.45, 2.75) is 20.8 Å². The summed E-state index contributed by atoms with van der Waals surface area (Å²) in [5.41, 5.74) is 2.27. The van der Waals surface area contributed by atoms with Crippen LogP contribution in [0, 0.1) is 32.7 Å². The molecule has 0 aliphatic carbocycles. The first kappa shape index (κ1) is 7.26. The van der Waals surface area contributed by atoms with Crippen LogP contribution >= 0.6 is 0 Å². The van der Waals surface area contributed by atoms with Gasteiger partial charge in [0.15, 0.2) is 0 Å². The maximum Gasteiger partial charge on any atom is 0.129 e. The van der Waals surface area contributed by atoms with E-state index in [1.165, 1.54) is 0 Å². The monoisotopic (exact) mass is 137 g/mol. The van der Waals surface area contributed by atoms with Crippen molar-refractivity contribution in [1.29, 1.82) is 0 Å². The zero-order valence-corrected chi connectivity index (χ0v) is 6.46. The van der Waals surface area contributed by atoms with Crippen LogP contribution in [0.25, 0.3) is 0 Å². The second-order valence-electron chi connectivity index (χ2n) is 2.54. The van der Waals surface area contributed by atoms with Gasteiger partial charge >= 0.3 is 0 Å². The molecule has 10 heavy (non-hydrogen) atoms. The Hall–Kier alpha value is -0.850. The summed E-state index contributed by atoms with van der Waals surface area (Å²) in [6.07, 6.45) is 0. The van der Waals surface area contributed by atoms with E-state index in [0.717, 1.165) is 5.56 Å². The van der Waals surface area contributed by atoms with Gasteiger partial charge in [0.2, 0.25) is 0 Å². The van der Waals surface area contributed by atoms with Gasteiger partial charge in [-0.2, -0.15) is 0 Å². The van der Waals surface area contributed by atoms with Crippen LogP contribution in [0.2, 0.25) is 0 Å². The molecule has 0 atom stereocenters. The molecule has 0 aliphatic rings. The quantitative estimate of drug-likeness (QED) is 0.515. The molecule has 1 aromatic rings. The SMILES string of the molecule is Cc1[c]cc(C)c(F)c1C. The van der Waals surface area contributed by atoms with Gasteiger partial charge in [0.05, 0.1) is 0 Å². The van der Waals surface area contributed by atoms with Crippen molar-refractivity contribution in [3.05, 3.63) is 34.6 Å². The third kappa shape index (κ3) is 1.04. The molecule has 1 aromatic carbocycles. The van der Waals surface area contributed by atoms with E-state index in [1.807, 2.05) is 6.92 Å². The minimum Gasteiger partial charge on any atom is -0.206 e. The van der Waals surface area contributed by atoms with Crippen LogP contribution in [0.4, 0.5) is 4.39 Å². The summed E-state index contributed by atoms with van der Waals surface area (Å²) in [5, 5.41) is 0. The smallest absolute Gasteiger partial charge is 0.129 e. The van der Waals surface area contributed by atoms with E-state index < -0.39 is 0 Å². The van der Waals surface area contributed by atoms with Crippen molar-refractivity contribution >= 4 is 0 Å². The molecular weight excluding hydrogens is 127 g/mol. The lowest BCUT2D eigenvalue weighted by atomic mass is 10.1. The van der Waals surface area contributed by atoms with Crippen molar-refractivity contribution in [2.24, 2.45) is 0 Å². The minimum atomic E-state index is -0.101. The van der Waals surface area contributed by atoms with Crippen molar-refractivity contribution in [2.75, 3.05) is 0 Å². The fraction of sp³-hybridized carbons (Fsp3) is 0.333. The molecule has 0 saturated heterocycles. The molecule has 1 heteroatoms. The number of benzene rings is 1. The molecule has 0 bridgehead atoms. The molecule has 0 saturated carbocycles. The Morgan fingerprint density at radius 1 is 1.30 bits per heavy atom. The summed E-state index contributed by atoms with van der Waals surface area (Å²) < 4.78 is 13.0. The Morgan fingerprint density at radius 2 is 1.90 bits per heavy atom. The fourth-order valence-electron chi connectivity index (χ4n) is 0.848. The van der Waals surface area contributed by atoms with E-state index in [-0.39, 0.29) is 5.82 Å². The van der Waals surface area contributed by atoms with Gasteiger partial charge in [-0.15, -0.1) is 0 Å². The van der Waals surface area contributed by atoms with Gasteiger partial charge in [0, 0.05) is 0 Å². The first-order chi connectivity index (χ1) is 4.63. The fourth-order valence-corrected chi connectivity index (χ4v) is 0.848. The van der Waals surface area contributed by atoms with Gasteiger partial charge in [0.25, 0.3) is 0 Å². The second-order valence-corrected chi connectivity index (χ2v) is 2.54. The number of aryl methyl sites for hydroxylation is 2. The number of halogens is 1. The zero-order valence-electron chi connectivity index (χ0n) is 6.46. The molecule has 0 amide bonds. The number of rotatable bonds is 0. The average Bonchev–Trinajstić information content (AvgIpc) is 1.93. The van der Waals surface area contributed by atoms with Gasteiger partial charge in [-0.05, 0) is 49.6 Å². The summed E-state index contributed by atoms with van der Waals surface area (Å²) in [7, 11) is 0. The maximum atomic E-state index is 13.0. The van der Waals surface area contributed by atoms with Crippen molar-refractivity contribution in [1.82, 2.24) is 0 Å². The van der Waals surface area contributed by atoms with E-state index in [9.17, 15) is 4.39 Å². The highest BCUT2D eigenvalue weighted by Crippen LogP contribution is 2.13. The van der Waals surface area contributed by atoms with Crippen LogP contribution in [-0.2, 0) is 0 Å². The van der Waals surface area contributed by atoms with E-state index in [4.69, 9.17) is 0 Å². The summed E-state index contributed by atoms with van der Waals surface area (Å²) in [5.74, 6) is -0.101. The van der Waals surface area contributed by atoms with Gasteiger partial charge in [-0.25, -0.2) is 4.39 Å². The van der Waals surface area contributed by atoms with E-state index in [0.29, 0.717) is 11.1 Å². The highest BCUT2D eigenvalue weighted by molar-refractivity contribution is 5.29. The Kier molecular flexibility index (Phi) is 1.75. The van der Waals surface area contributed by atoms with Crippen molar-refractivity contribution in [3.8, 4) is 0 Å². The molecule has 1 radical (unpaired) electrons. The van der Waals surface area contributed by atoms with E-state index in [2.05, 4.69) is 6.07 Å². The van der Waals surface area contributed by atoms with Crippen molar-refractivity contribution in [3.63, 3.8) is 0 Å². The molecule has 0 heterocycles. The lowest BCUT2D eigenvalue weighted by Crippen LogP contribution is -1.90. The van der Waals surface area contributed by atoms with Gasteiger partial charge < -0.3 is 0 Å². The molecule has 0 spiro atoms. The Labute approximate surface area is 60.7 Å². The van der Waals surface area contributed by atoms with Crippen LogP contribution in [0.5, 0.6) is 0 Å². The summed E-state index contributed by atoms with van der Waals surface area (Å²) in [6.45, 7) is 5.38. The van der Waals surface area contributed by atoms with Crippen LogP contribution in [0.15, 0.2) is 6.07 Å². The molecule has 0 unspecified atom stereocenters. The molecule has 0 aromatic heterocycles.